The van der Waals surface area contributed by atoms with Gasteiger partial charge in [0.05, 0.1) is 23.3 Å². The molecule has 3 N–H and O–H groups in total. The number of imide groups is 1. The molecule has 29 heavy (non-hydrogen) atoms. The molecule has 0 radical (unpaired) electrons. The van der Waals surface area contributed by atoms with E-state index < -0.39 is 27.8 Å². The third-order valence-electron chi connectivity index (χ3n) is 4.00. The van der Waals surface area contributed by atoms with Gasteiger partial charge in [-0.1, -0.05) is 17.7 Å². The largest absolute Gasteiger partial charge is 0.465 e. The summed E-state index contributed by atoms with van der Waals surface area (Å²) in [5, 5.41) is 7.40. The molecule has 0 aromatic heterocycles. The zero-order chi connectivity index (χ0) is 21.3. The van der Waals surface area contributed by atoms with Crippen molar-refractivity contribution < 1.29 is 27.5 Å². The van der Waals surface area contributed by atoms with Gasteiger partial charge < -0.3 is 10.1 Å². The Labute approximate surface area is 170 Å². The van der Waals surface area contributed by atoms with Gasteiger partial charge in [0.25, 0.3) is 11.8 Å². The molecule has 11 heteroatoms. The van der Waals surface area contributed by atoms with Crippen LogP contribution in [0.3, 0.4) is 0 Å². The number of carbonyl (C=O) groups is 3. The van der Waals surface area contributed by atoms with E-state index in [2.05, 4.69) is 10.1 Å². The highest BCUT2D eigenvalue weighted by Gasteiger charge is 2.39. The second-order valence-corrected chi connectivity index (χ2v) is 7.81. The van der Waals surface area contributed by atoms with Gasteiger partial charge >= 0.3 is 5.97 Å². The van der Waals surface area contributed by atoms with E-state index in [0.717, 1.165) is 4.90 Å². The monoisotopic (exact) mass is 435 g/mol. The maximum absolute atomic E-state index is 12.8. The Bertz CT molecular complexity index is 1160. The van der Waals surface area contributed by atoms with Crippen molar-refractivity contribution >= 4 is 50.8 Å². The van der Waals surface area contributed by atoms with E-state index in [1.54, 1.807) is 0 Å². The Morgan fingerprint density at radius 2 is 1.76 bits per heavy atom. The molecule has 0 fully saturated rings. The molecule has 0 saturated carbocycles. The van der Waals surface area contributed by atoms with Gasteiger partial charge in [-0.05, 0) is 42.5 Å². The van der Waals surface area contributed by atoms with Crippen LogP contribution in [0.5, 0.6) is 0 Å². The van der Waals surface area contributed by atoms with Crippen LogP contribution >= 0.6 is 11.6 Å². The zero-order valence-electron chi connectivity index (χ0n) is 14.9. The number of ether oxygens (including phenoxy) is 1. The van der Waals surface area contributed by atoms with E-state index in [9.17, 15) is 22.8 Å². The van der Waals surface area contributed by atoms with E-state index >= 15 is 0 Å². The van der Waals surface area contributed by atoms with Crippen LogP contribution in [0.1, 0.15) is 10.4 Å². The predicted octanol–water partition coefficient (Wildman–Crippen LogP) is 1.56. The molecule has 0 atom stereocenters. The maximum atomic E-state index is 12.8. The van der Waals surface area contributed by atoms with Crippen LogP contribution < -0.4 is 15.4 Å². The molecule has 0 aliphatic carbocycles. The van der Waals surface area contributed by atoms with Crippen molar-refractivity contribution in [2.45, 2.75) is 4.90 Å². The third-order valence-corrected chi connectivity index (χ3v) is 5.28. The molecule has 0 bridgehead atoms. The number of nitrogens with two attached hydrogens (primary N) is 1. The van der Waals surface area contributed by atoms with Gasteiger partial charge in [0.15, 0.2) is 0 Å². The molecule has 2 amide bonds. The number of carbonyl (C=O) groups excluding carboxylic acids is 3. The summed E-state index contributed by atoms with van der Waals surface area (Å²) in [6.07, 6.45) is 0. The van der Waals surface area contributed by atoms with Crippen molar-refractivity contribution in [2.24, 2.45) is 5.14 Å². The number of benzene rings is 2. The first-order valence-electron chi connectivity index (χ1n) is 8.00. The first kappa shape index (κ1) is 20.5. The van der Waals surface area contributed by atoms with Crippen molar-refractivity contribution in [1.29, 1.82) is 0 Å². The molecular weight excluding hydrogens is 422 g/mol. The van der Waals surface area contributed by atoms with Crippen LogP contribution in [0, 0.1) is 0 Å². The molecule has 150 valence electrons. The molecular formula is C18H14ClN3O6S. The molecule has 1 aliphatic heterocycles. The van der Waals surface area contributed by atoms with Crippen LogP contribution in [0.4, 0.5) is 11.4 Å². The SMILES string of the molecule is COC(=O)c1cccc(N2C(=O)C(Cl)=C(Nc3ccc(S(N)(=O)=O)cc3)C2=O)c1. The lowest BCUT2D eigenvalue weighted by Gasteiger charge is -2.16. The average molecular weight is 436 g/mol. The third kappa shape index (κ3) is 3.99. The van der Waals surface area contributed by atoms with Crippen LogP contribution in [0.2, 0.25) is 0 Å². The highest BCUT2D eigenvalue weighted by atomic mass is 35.5. The van der Waals surface area contributed by atoms with E-state index in [0.29, 0.717) is 5.69 Å². The number of hydrogen-bond acceptors (Lipinski definition) is 7. The van der Waals surface area contributed by atoms with Crippen LogP contribution in [0.15, 0.2) is 64.2 Å². The van der Waals surface area contributed by atoms with Crippen molar-refractivity contribution in [1.82, 2.24) is 0 Å². The van der Waals surface area contributed by atoms with Gasteiger partial charge in [-0.2, -0.15) is 0 Å². The summed E-state index contributed by atoms with van der Waals surface area (Å²) in [7, 11) is -2.66. The Morgan fingerprint density at radius 1 is 1.10 bits per heavy atom. The minimum atomic E-state index is -3.87. The van der Waals surface area contributed by atoms with Gasteiger partial charge in [-0.3, -0.25) is 9.59 Å². The highest BCUT2D eigenvalue weighted by molar-refractivity contribution is 7.89. The number of primary sulfonamides is 1. The summed E-state index contributed by atoms with van der Waals surface area (Å²) in [5.74, 6) is -2.14. The number of sulfonamides is 1. The summed E-state index contributed by atoms with van der Waals surface area (Å²) >= 11 is 6.05. The average Bonchev–Trinajstić information content (AvgIpc) is 2.90. The highest BCUT2D eigenvalue weighted by Crippen LogP contribution is 2.30. The van der Waals surface area contributed by atoms with Gasteiger partial charge in [0.2, 0.25) is 10.0 Å². The summed E-state index contributed by atoms with van der Waals surface area (Å²) in [6, 6.07) is 11.0. The first-order valence-corrected chi connectivity index (χ1v) is 9.92. The Morgan fingerprint density at radius 3 is 2.34 bits per heavy atom. The number of hydrogen-bond donors (Lipinski definition) is 2. The molecule has 9 nitrogen and oxygen atoms in total. The zero-order valence-corrected chi connectivity index (χ0v) is 16.5. The predicted molar refractivity (Wildman–Crippen MR) is 105 cm³/mol. The molecule has 1 aliphatic rings. The molecule has 1 heterocycles. The molecule has 0 saturated heterocycles. The number of nitrogens with zero attached hydrogens (tertiary/aromatic N) is 1. The van der Waals surface area contributed by atoms with Gasteiger partial charge in [-0.15, -0.1) is 0 Å². The smallest absolute Gasteiger partial charge is 0.337 e. The minimum absolute atomic E-state index is 0.113. The Balaban J connectivity index is 1.88. The number of rotatable bonds is 5. The fraction of sp³-hybridized carbons (Fsp3) is 0.0556. The van der Waals surface area contributed by atoms with Crippen molar-refractivity contribution in [3.8, 4) is 0 Å². The summed E-state index contributed by atoms with van der Waals surface area (Å²) in [5.41, 5.74) is 0.421. The Hall–Kier alpha value is -3.21. The fourth-order valence-electron chi connectivity index (χ4n) is 2.61. The molecule has 0 spiro atoms. The summed E-state index contributed by atoms with van der Waals surface area (Å²) in [6.45, 7) is 0. The van der Waals surface area contributed by atoms with Gasteiger partial charge in [0, 0.05) is 5.69 Å². The van der Waals surface area contributed by atoms with Gasteiger partial charge in [0.1, 0.15) is 10.7 Å². The summed E-state index contributed by atoms with van der Waals surface area (Å²) in [4.78, 5) is 37.7. The minimum Gasteiger partial charge on any atom is -0.465 e. The number of anilines is 2. The van der Waals surface area contributed by atoms with Crippen molar-refractivity contribution in [3.63, 3.8) is 0 Å². The van der Waals surface area contributed by atoms with Crippen LogP contribution in [-0.2, 0) is 24.3 Å². The van der Waals surface area contributed by atoms with E-state index in [1.807, 2.05) is 0 Å². The number of methoxy groups -OCH3 is 1. The van der Waals surface area contributed by atoms with E-state index in [1.165, 1.54) is 55.6 Å². The fourth-order valence-corrected chi connectivity index (χ4v) is 3.34. The lowest BCUT2D eigenvalue weighted by molar-refractivity contribution is -0.120. The molecule has 0 unspecified atom stereocenters. The number of amides is 2. The first-order chi connectivity index (χ1) is 13.6. The Kier molecular flexibility index (Phi) is 5.42. The summed E-state index contributed by atoms with van der Waals surface area (Å²) < 4.78 is 27.3. The van der Waals surface area contributed by atoms with Crippen molar-refractivity contribution in [3.05, 3.63) is 64.8 Å². The lowest BCUT2D eigenvalue weighted by atomic mass is 10.2. The number of nitrogens with one attached hydrogen (secondary N) is 1. The van der Waals surface area contributed by atoms with E-state index in [-0.39, 0.29) is 26.9 Å². The number of halogens is 1. The van der Waals surface area contributed by atoms with Gasteiger partial charge in [-0.25, -0.2) is 23.3 Å². The van der Waals surface area contributed by atoms with Crippen LogP contribution in [-0.4, -0.2) is 33.3 Å². The molecule has 2 aromatic carbocycles. The normalized spacial score (nSPS) is 14.4. The standard InChI is InChI=1S/C18H14ClN3O6S/c1-28-18(25)10-3-2-4-12(9-10)22-16(23)14(19)15(17(22)24)21-11-5-7-13(8-6-11)29(20,26)27/h2-9,21H,1H3,(H2,20,26,27). The quantitative estimate of drug-likeness (QED) is 0.537. The van der Waals surface area contributed by atoms with Crippen LogP contribution in [0.25, 0.3) is 0 Å². The maximum Gasteiger partial charge on any atom is 0.337 e. The molecule has 3 rings (SSSR count). The topological polar surface area (TPSA) is 136 Å². The molecule has 2 aromatic rings. The number of esters is 1. The van der Waals surface area contributed by atoms with E-state index in [4.69, 9.17) is 16.7 Å². The second-order valence-electron chi connectivity index (χ2n) is 5.87. The lowest BCUT2D eigenvalue weighted by Crippen LogP contribution is -2.32. The second kappa shape index (κ2) is 7.66. The van der Waals surface area contributed by atoms with Crippen molar-refractivity contribution in [2.75, 3.05) is 17.3 Å².